The van der Waals surface area contributed by atoms with Crippen LogP contribution in [0.2, 0.25) is 0 Å². The number of aryl methyl sites for hydroxylation is 1. The number of hydrogen-bond donors (Lipinski definition) is 1. The highest BCUT2D eigenvalue weighted by atomic mass is 16.4. The number of aromatic nitrogens is 3. The van der Waals surface area contributed by atoms with E-state index in [0.29, 0.717) is 23.8 Å². The van der Waals surface area contributed by atoms with Crippen molar-refractivity contribution in [1.29, 1.82) is 0 Å². The van der Waals surface area contributed by atoms with Gasteiger partial charge in [-0.1, -0.05) is 20.8 Å². The number of carboxylic acids is 1. The van der Waals surface area contributed by atoms with Crippen LogP contribution < -0.4 is 5.56 Å². The van der Waals surface area contributed by atoms with E-state index >= 15 is 0 Å². The second-order valence-corrected chi connectivity index (χ2v) is 5.55. The minimum atomic E-state index is -0.937. The summed E-state index contributed by atoms with van der Waals surface area (Å²) in [7, 11) is 0. The smallest absolute Gasteiger partial charge is 0.309 e. The van der Waals surface area contributed by atoms with Crippen molar-refractivity contribution in [3.05, 3.63) is 33.9 Å². The Morgan fingerprint density at radius 2 is 1.95 bits per heavy atom. The van der Waals surface area contributed by atoms with Crippen LogP contribution >= 0.6 is 0 Å². The summed E-state index contributed by atoms with van der Waals surface area (Å²) in [5, 5.41) is 13.5. The van der Waals surface area contributed by atoms with Gasteiger partial charge in [0.1, 0.15) is 5.65 Å². The van der Waals surface area contributed by atoms with E-state index in [1.54, 1.807) is 0 Å². The van der Waals surface area contributed by atoms with Crippen molar-refractivity contribution in [3.63, 3.8) is 0 Å². The van der Waals surface area contributed by atoms with Crippen LogP contribution in [0.25, 0.3) is 5.65 Å². The Hall–Kier alpha value is -2.11. The Morgan fingerprint density at radius 1 is 1.27 bits per heavy atom. The first-order valence-electron chi connectivity index (χ1n) is 7.85. The third kappa shape index (κ3) is 3.05. The molecule has 2 heterocycles. The molecule has 0 radical (unpaired) electrons. The summed E-state index contributed by atoms with van der Waals surface area (Å²) in [6.45, 7) is 6.90. The van der Waals surface area contributed by atoms with Crippen molar-refractivity contribution < 1.29 is 9.90 Å². The molecule has 0 amide bonds. The van der Waals surface area contributed by atoms with Gasteiger partial charge in [0.05, 0.1) is 12.1 Å². The lowest BCUT2D eigenvalue weighted by molar-refractivity contribution is -0.136. The van der Waals surface area contributed by atoms with Gasteiger partial charge in [-0.25, -0.2) is 0 Å². The fourth-order valence-electron chi connectivity index (χ4n) is 2.86. The molecular weight excluding hydrogens is 282 g/mol. The highest BCUT2D eigenvalue weighted by Crippen LogP contribution is 2.23. The lowest BCUT2D eigenvalue weighted by atomic mass is 10.00. The summed E-state index contributed by atoms with van der Waals surface area (Å²) in [6, 6.07) is 3.32. The molecule has 120 valence electrons. The van der Waals surface area contributed by atoms with Gasteiger partial charge in [-0.15, -0.1) is 0 Å². The zero-order valence-electron chi connectivity index (χ0n) is 13.4. The summed E-state index contributed by atoms with van der Waals surface area (Å²) in [5.41, 5.74) is 1.85. The molecular formula is C16H23N3O3. The molecule has 0 atom stereocenters. The van der Waals surface area contributed by atoms with Gasteiger partial charge in [0, 0.05) is 30.3 Å². The molecule has 6 heteroatoms. The minimum absolute atomic E-state index is 0.156. The van der Waals surface area contributed by atoms with Gasteiger partial charge in [0.15, 0.2) is 0 Å². The number of fused-ring (bicyclic) bond motifs is 1. The highest BCUT2D eigenvalue weighted by molar-refractivity contribution is 5.70. The largest absolute Gasteiger partial charge is 0.481 e. The average molecular weight is 305 g/mol. The van der Waals surface area contributed by atoms with Crippen LogP contribution in [0.4, 0.5) is 0 Å². The zero-order chi connectivity index (χ0) is 16.3. The Labute approximate surface area is 129 Å². The molecule has 1 N–H and O–H groups in total. The summed E-state index contributed by atoms with van der Waals surface area (Å²) in [6.07, 6.45) is 2.63. The van der Waals surface area contributed by atoms with Crippen LogP contribution in [-0.2, 0) is 17.8 Å². The Bertz CT molecular complexity index is 726. The second kappa shape index (κ2) is 6.77. The van der Waals surface area contributed by atoms with Gasteiger partial charge in [0.25, 0.3) is 5.56 Å². The molecule has 0 fully saturated rings. The van der Waals surface area contributed by atoms with E-state index in [-0.39, 0.29) is 12.0 Å². The van der Waals surface area contributed by atoms with Crippen molar-refractivity contribution in [3.8, 4) is 0 Å². The third-order valence-electron chi connectivity index (χ3n) is 4.01. The van der Waals surface area contributed by atoms with Gasteiger partial charge in [-0.05, 0) is 19.3 Å². The van der Waals surface area contributed by atoms with Gasteiger partial charge >= 0.3 is 5.97 Å². The number of carboxylic acid groups (broad SMARTS) is 1. The van der Waals surface area contributed by atoms with E-state index in [0.717, 1.165) is 25.0 Å². The number of hydrogen-bond acceptors (Lipinski definition) is 3. The Kier molecular flexibility index (Phi) is 5.00. The molecule has 2 aromatic heterocycles. The molecule has 0 aliphatic carbocycles. The summed E-state index contributed by atoms with van der Waals surface area (Å²) in [5.74, 6) is -0.620. The van der Waals surface area contributed by atoms with Crippen molar-refractivity contribution in [2.45, 2.75) is 58.9 Å². The molecule has 2 aromatic rings. The molecule has 0 unspecified atom stereocenters. The monoisotopic (exact) mass is 305 g/mol. The summed E-state index contributed by atoms with van der Waals surface area (Å²) < 4.78 is 3.29. The maximum absolute atomic E-state index is 12.2. The first kappa shape index (κ1) is 16.3. The van der Waals surface area contributed by atoms with E-state index in [4.69, 9.17) is 5.11 Å². The molecule has 2 rings (SSSR count). The maximum atomic E-state index is 12.2. The normalized spacial score (nSPS) is 11.5. The van der Waals surface area contributed by atoms with Crippen LogP contribution in [-0.4, -0.2) is 25.3 Å². The predicted octanol–water partition coefficient (Wildman–Crippen LogP) is 2.44. The lowest BCUT2D eigenvalue weighted by Gasteiger charge is -2.12. The second-order valence-electron chi connectivity index (χ2n) is 5.55. The number of nitrogens with zero attached hydrogens (tertiary/aromatic N) is 3. The standard InChI is InChI=1S/C16H23N3O3/c1-4-7-18-12(9-16(21)22)8-15(20)19-14(18)10-13(17-19)11(5-2)6-3/h8,10-11H,4-7,9H2,1-3H3,(H,21,22). The Balaban J connectivity index is 2.67. The molecule has 0 bridgehead atoms. The van der Waals surface area contributed by atoms with Crippen molar-refractivity contribution in [2.24, 2.45) is 0 Å². The molecule has 0 spiro atoms. The van der Waals surface area contributed by atoms with E-state index in [2.05, 4.69) is 18.9 Å². The van der Waals surface area contributed by atoms with Crippen LogP contribution in [0, 0.1) is 0 Å². The van der Waals surface area contributed by atoms with Crippen LogP contribution in [0.3, 0.4) is 0 Å². The van der Waals surface area contributed by atoms with Crippen LogP contribution in [0.5, 0.6) is 0 Å². The molecule has 0 saturated carbocycles. The van der Waals surface area contributed by atoms with Crippen molar-refractivity contribution >= 4 is 11.6 Å². The van der Waals surface area contributed by atoms with E-state index < -0.39 is 5.97 Å². The SMILES string of the molecule is CCCn1c(CC(=O)O)cc(=O)n2nc(C(CC)CC)cc12. The van der Waals surface area contributed by atoms with E-state index in [1.807, 2.05) is 17.6 Å². The van der Waals surface area contributed by atoms with Crippen LogP contribution in [0.1, 0.15) is 57.3 Å². The average Bonchev–Trinajstić information content (AvgIpc) is 2.89. The number of carbonyl (C=O) groups is 1. The molecule has 0 aromatic carbocycles. The van der Waals surface area contributed by atoms with Crippen LogP contribution in [0.15, 0.2) is 16.9 Å². The van der Waals surface area contributed by atoms with Gasteiger partial charge < -0.3 is 9.67 Å². The van der Waals surface area contributed by atoms with Gasteiger partial charge in [-0.3, -0.25) is 9.59 Å². The summed E-state index contributed by atoms with van der Waals surface area (Å²) in [4.78, 5) is 23.3. The predicted molar refractivity (Wildman–Crippen MR) is 84.4 cm³/mol. The minimum Gasteiger partial charge on any atom is -0.481 e. The fraction of sp³-hybridized carbons (Fsp3) is 0.562. The fourth-order valence-corrected chi connectivity index (χ4v) is 2.86. The van der Waals surface area contributed by atoms with Crippen molar-refractivity contribution in [1.82, 2.24) is 14.2 Å². The summed E-state index contributed by atoms with van der Waals surface area (Å²) >= 11 is 0. The number of rotatable bonds is 7. The van der Waals surface area contributed by atoms with E-state index in [1.165, 1.54) is 10.6 Å². The molecule has 0 aliphatic heterocycles. The molecule has 0 saturated heterocycles. The maximum Gasteiger partial charge on any atom is 0.309 e. The topological polar surface area (TPSA) is 76.6 Å². The quantitative estimate of drug-likeness (QED) is 0.852. The Morgan fingerprint density at radius 3 is 2.50 bits per heavy atom. The number of aliphatic carboxylic acids is 1. The third-order valence-corrected chi connectivity index (χ3v) is 4.01. The van der Waals surface area contributed by atoms with Gasteiger partial charge in [-0.2, -0.15) is 9.61 Å². The molecule has 6 nitrogen and oxygen atoms in total. The highest BCUT2D eigenvalue weighted by Gasteiger charge is 2.17. The molecule has 22 heavy (non-hydrogen) atoms. The van der Waals surface area contributed by atoms with Crippen molar-refractivity contribution in [2.75, 3.05) is 0 Å². The van der Waals surface area contributed by atoms with E-state index in [9.17, 15) is 9.59 Å². The first-order chi connectivity index (χ1) is 10.5. The lowest BCUT2D eigenvalue weighted by Crippen LogP contribution is -2.22. The first-order valence-corrected chi connectivity index (χ1v) is 7.85. The zero-order valence-corrected chi connectivity index (χ0v) is 13.4. The molecule has 0 aliphatic rings. The van der Waals surface area contributed by atoms with Gasteiger partial charge in [0.2, 0.25) is 0 Å².